The minimum Gasteiger partial charge on any atom is -0.394 e. The van der Waals surface area contributed by atoms with Gasteiger partial charge >= 0.3 is 0 Å². The molecule has 11 heteroatoms. The Hall–Kier alpha value is -0.700. The Labute approximate surface area is 159 Å². The topological polar surface area (TPSA) is 184 Å². The standard InChI is InChI=1S/C7H14O6.C6H13NO2.C3H8O2/c1-12-7-6(11)5(10)4(9)3(2-8)13-7;1-2-6(8)9-5-3-4-7;1-5-3-2-4/h3-11H,2H2,1H3;2,6,8H,1,3-5,7H2;4H,2-3H2,1H3. The van der Waals surface area contributed by atoms with Crippen LogP contribution in [0.5, 0.6) is 0 Å². The zero-order valence-corrected chi connectivity index (χ0v) is 15.9. The van der Waals surface area contributed by atoms with Crippen LogP contribution in [0.4, 0.5) is 0 Å². The van der Waals surface area contributed by atoms with E-state index in [-0.39, 0.29) is 6.61 Å². The Bertz CT molecular complexity index is 314. The van der Waals surface area contributed by atoms with Gasteiger partial charge in [-0.1, -0.05) is 6.58 Å². The van der Waals surface area contributed by atoms with Gasteiger partial charge in [-0.3, -0.25) is 0 Å². The summed E-state index contributed by atoms with van der Waals surface area (Å²) in [6.07, 6.45) is -4.65. The van der Waals surface area contributed by atoms with Gasteiger partial charge in [0.05, 0.1) is 26.4 Å². The van der Waals surface area contributed by atoms with Crippen molar-refractivity contribution in [3.8, 4) is 0 Å². The number of hydrogen-bond acceptors (Lipinski definition) is 11. The van der Waals surface area contributed by atoms with E-state index in [0.29, 0.717) is 19.8 Å². The molecular formula is C16H35NO10. The normalized spacial score (nSPS) is 28.3. The van der Waals surface area contributed by atoms with Gasteiger partial charge in [0.2, 0.25) is 0 Å². The Morgan fingerprint density at radius 2 is 1.74 bits per heavy atom. The monoisotopic (exact) mass is 401 g/mol. The molecule has 6 atom stereocenters. The lowest BCUT2D eigenvalue weighted by Crippen LogP contribution is -2.58. The maximum absolute atomic E-state index is 9.28. The molecule has 1 aliphatic heterocycles. The van der Waals surface area contributed by atoms with Gasteiger partial charge in [0.25, 0.3) is 0 Å². The quantitative estimate of drug-likeness (QED) is 0.118. The minimum absolute atomic E-state index is 0.122. The van der Waals surface area contributed by atoms with Crippen molar-refractivity contribution in [3.05, 3.63) is 12.7 Å². The molecule has 1 heterocycles. The Morgan fingerprint density at radius 1 is 1.11 bits per heavy atom. The third-order valence-electron chi connectivity index (χ3n) is 3.21. The van der Waals surface area contributed by atoms with Crippen LogP contribution in [0.25, 0.3) is 0 Å². The summed E-state index contributed by atoms with van der Waals surface area (Å²) < 4.78 is 18.9. The molecule has 0 bridgehead atoms. The van der Waals surface area contributed by atoms with E-state index in [1.807, 2.05) is 0 Å². The lowest BCUT2D eigenvalue weighted by atomic mass is 9.99. The fraction of sp³-hybridized carbons (Fsp3) is 0.875. The van der Waals surface area contributed by atoms with Crippen LogP contribution in [0.2, 0.25) is 0 Å². The third-order valence-corrected chi connectivity index (χ3v) is 3.21. The molecular weight excluding hydrogens is 366 g/mol. The molecule has 0 amide bonds. The maximum atomic E-state index is 9.28. The molecule has 1 rings (SSSR count). The molecule has 0 aromatic heterocycles. The highest BCUT2D eigenvalue weighted by molar-refractivity contribution is 4.88. The molecule has 8 N–H and O–H groups in total. The Kier molecular flexibility index (Phi) is 19.7. The molecule has 1 fully saturated rings. The first-order chi connectivity index (χ1) is 12.8. The van der Waals surface area contributed by atoms with Crippen LogP contribution in [0, 0.1) is 0 Å². The van der Waals surface area contributed by atoms with Crippen LogP contribution in [0.15, 0.2) is 12.7 Å². The van der Waals surface area contributed by atoms with E-state index in [0.717, 1.165) is 6.42 Å². The van der Waals surface area contributed by atoms with Crippen molar-refractivity contribution in [3.63, 3.8) is 0 Å². The van der Waals surface area contributed by atoms with E-state index in [4.69, 9.17) is 35.3 Å². The third kappa shape index (κ3) is 13.2. The minimum atomic E-state index is -1.36. The second kappa shape index (κ2) is 18.7. The van der Waals surface area contributed by atoms with Gasteiger partial charge in [0.15, 0.2) is 12.6 Å². The second-order valence-corrected chi connectivity index (χ2v) is 5.29. The zero-order valence-electron chi connectivity index (χ0n) is 15.9. The Balaban J connectivity index is 0. The van der Waals surface area contributed by atoms with E-state index in [1.54, 1.807) is 7.11 Å². The summed E-state index contributed by atoms with van der Waals surface area (Å²) in [6, 6.07) is 0. The number of methoxy groups -OCH3 is 2. The van der Waals surface area contributed by atoms with Gasteiger partial charge in [0.1, 0.15) is 24.4 Å². The molecule has 0 spiro atoms. The van der Waals surface area contributed by atoms with Crippen LogP contribution in [-0.4, -0.2) is 115 Å². The van der Waals surface area contributed by atoms with Crippen LogP contribution < -0.4 is 5.73 Å². The predicted molar refractivity (Wildman–Crippen MR) is 95.6 cm³/mol. The summed E-state index contributed by atoms with van der Waals surface area (Å²) in [6.45, 7) is 4.54. The van der Waals surface area contributed by atoms with Crippen LogP contribution in [0.1, 0.15) is 6.42 Å². The van der Waals surface area contributed by atoms with Crippen LogP contribution in [-0.2, 0) is 18.9 Å². The first-order valence-corrected chi connectivity index (χ1v) is 8.39. The lowest BCUT2D eigenvalue weighted by Gasteiger charge is -2.38. The SMILES string of the molecule is C=CC(O)OCCCN.COC1OC(CO)C(O)C(O)C1O.COCCO. The van der Waals surface area contributed by atoms with Gasteiger partial charge in [-0.05, 0) is 19.0 Å². The molecule has 0 aromatic rings. The average molecular weight is 401 g/mol. The van der Waals surface area contributed by atoms with Gasteiger partial charge in [-0.2, -0.15) is 0 Å². The molecule has 164 valence electrons. The van der Waals surface area contributed by atoms with Crippen molar-refractivity contribution in [2.24, 2.45) is 5.73 Å². The number of ether oxygens (including phenoxy) is 4. The summed E-state index contributed by atoms with van der Waals surface area (Å²) in [5, 5.41) is 53.2. The van der Waals surface area contributed by atoms with E-state index < -0.39 is 43.6 Å². The second-order valence-electron chi connectivity index (χ2n) is 5.29. The molecule has 11 nitrogen and oxygen atoms in total. The van der Waals surface area contributed by atoms with Gasteiger partial charge in [-0.15, -0.1) is 0 Å². The Morgan fingerprint density at radius 3 is 2.11 bits per heavy atom. The van der Waals surface area contributed by atoms with E-state index in [9.17, 15) is 15.3 Å². The fourth-order valence-corrected chi connectivity index (χ4v) is 1.71. The van der Waals surface area contributed by atoms with E-state index in [1.165, 1.54) is 13.2 Å². The van der Waals surface area contributed by atoms with Gasteiger partial charge in [-0.25, -0.2) is 0 Å². The van der Waals surface area contributed by atoms with Crippen molar-refractivity contribution in [2.75, 3.05) is 47.2 Å². The predicted octanol–water partition coefficient (Wildman–Crippen LogP) is -3.09. The largest absolute Gasteiger partial charge is 0.394 e. The first-order valence-electron chi connectivity index (χ1n) is 8.39. The summed E-state index contributed by atoms with van der Waals surface area (Å²) in [5.41, 5.74) is 5.17. The maximum Gasteiger partial charge on any atom is 0.186 e. The molecule has 1 saturated heterocycles. The van der Waals surface area contributed by atoms with Crippen molar-refractivity contribution < 1.29 is 49.6 Å². The molecule has 0 aromatic carbocycles. The highest BCUT2D eigenvalue weighted by atomic mass is 16.7. The number of aliphatic hydroxyl groups excluding tert-OH is 6. The lowest BCUT2D eigenvalue weighted by molar-refractivity contribution is -0.294. The van der Waals surface area contributed by atoms with Crippen LogP contribution >= 0.6 is 0 Å². The molecule has 0 radical (unpaired) electrons. The summed E-state index contributed by atoms with van der Waals surface area (Å²) in [7, 11) is 2.85. The highest BCUT2D eigenvalue weighted by Gasteiger charge is 2.43. The van der Waals surface area contributed by atoms with Gasteiger partial charge < -0.3 is 55.3 Å². The summed E-state index contributed by atoms with van der Waals surface area (Å²) >= 11 is 0. The molecule has 0 saturated carbocycles. The number of nitrogens with two attached hydrogens (primary N) is 1. The van der Waals surface area contributed by atoms with Crippen molar-refractivity contribution >= 4 is 0 Å². The summed E-state index contributed by atoms with van der Waals surface area (Å²) in [4.78, 5) is 0. The van der Waals surface area contributed by atoms with E-state index in [2.05, 4.69) is 11.3 Å². The van der Waals surface area contributed by atoms with Crippen molar-refractivity contribution in [1.82, 2.24) is 0 Å². The fourth-order valence-electron chi connectivity index (χ4n) is 1.71. The number of aliphatic hydroxyl groups is 6. The first kappa shape index (κ1) is 28.5. The number of rotatable bonds is 9. The molecule has 1 aliphatic rings. The number of hydrogen-bond donors (Lipinski definition) is 7. The summed E-state index contributed by atoms with van der Waals surface area (Å²) in [5.74, 6) is 0. The smallest absolute Gasteiger partial charge is 0.186 e. The zero-order chi connectivity index (χ0) is 21.2. The van der Waals surface area contributed by atoms with Crippen molar-refractivity contribution in [2.45, 2.75) is 43.4 Å². The van der Waals surface area contributed by atoms with Crippen molar-refractivity contribution in [1.29, 1.82) is 0 Å². The average Bonchev–Trinajstić information content (AvgIpc) is 2.68. The molecule has 27 heavy (non-hydrogen) atoms. The molecule has 6 unspecified atom stereocenters. The van der Waals surface area contributed by atoms with E-state index >= 15 is 0 Å². The van der Waals surface area contributed by atoms with Crippen LogP contribution in [0.3, 0.4) is 0 Å². The van der Waals surface area contributed by atoms with Gasteiger partial charge in [0, 0.05) is 14.2 Å². The highest BCUT2D eigenvalue weighted by Crippen LogP contribution is 2.21. The molecule has 0 aliphatic carbocycles.